The van der Waals surface area contributed by atoms with Gasteiger partial charge < -0.3 is 31.1 Å². The summed E-state index contributed by atoms with van der Waals surface area (Å²) in [4.78, 5) is 64.4. The Bertz CT molecular complexity index is 2740. The van der Waals surface area contributed by atoms with Crippen LogP contribution in [0.5, 0.6) is 5.88 Å². The van der Waals surface area contributed by atoms with Crippen molar-refractivity contribution in [3.63, 3.8) is 0 Å². The third-order valence-corrected chi connectivity index (χ3v) is 15.8. The van der Waals surface area contributed by atoms with E-state index in [1.807, 2.05) is 57.5 Å². The van der Waals surface area contributed by atoms with Gasteiger partial charge in [0.15, 0.2) is 0 Å². The Hall–Kier alpha value is -6.18. The number of hydrogen-bond donors (Lipinski definition) is 6. The number of Topliss-reactive ketones (excluding diaryl/α,β-unsaturated/α-hetero) is 1. The second kappa shape index (κ2) is 27.4. The predicted molar refractivity (Wildman–Crippen MR) is 291 cm³/mol. The highest BCUT2D eigenvalue weighted by Gasteiger charge is 2.43. The second-order valence-electron chi connectivity index (χ2n) is 20.3. The number of aliphatic hydroxyl groups excluding tert-OH is 1. The van der Waals surface area contributed by atoms with E-state index in [2.05, 4.69) is 35.5 Å². The molecule has 0 spiro atoms. The summed E-state index contributed by atoms with van der Waals surface area (Å²) in [6, 6.07) is 17.2. The Morgan fingerprint density at radius 1 is 0.878 bits per heavy atom. The summed E-state index contributed by atoms with van der Waals surface area (Å²) < 4.78 is 32.3. The van der Waals surface area contributed by atoms with Crippen LogP contribution in [0.1, 0.15) is 146 Å². The number of β-amino-alcohol motifs (C(OH)–C–C–N with tert-alkyl or cyclic N) is 1. The van der Waals surface area contributed by atoms with Gasteiger partial charge in [-0.15, -0.1) is 11.3 Å². The summed E-state index contributed by atoms with van der Waals surface area (Å²) in [5, 5.41) is 23.9. The topological polar surface area (TPSA) is 252 Å². The van der Waals surface area contributed by atoms with Gasteiger partial charge in [0.2, 0.25) is 27.7 Å². The first kappa shape index (κ1) is 57.1. The fourth-order valence-corrected chi connectivity index (χ4v) is 10.7. The number of aromatic nitrogens is 4. The predicted octanol–water partition coefficient (Wildman–Crippen LogP) is 9.86. The summed E-state index contributed by atoms with van der Waals surface area (Å²) in [6.45, 7) is 10.5. The van der Waals surface area contributed by atoms with Crippen molar-refractivity contribution in [3.8, 4) is 27.6 Å². The number of aromatic amines is 1. The third kappa shape index (κ3) is 16.9. The van der Waals surface area contributed by atoms with Crippen LogP contribution in [0.15, 0.2) is 72.4 Å². The molecule has 400 valence electrons. The normalized spacial score (nSPS) is 15.2. The molecule has 1 aliphatic heterocycles. The number of rotatable bonds is 30. The maximum Gasteiger partial charge on any atom is 0.254 e. The van der Waals surface area contributed by atoms with Gasteiger partial charge in [-0.1, -0.05) is 115 Å². The molecule has 0 bridgehead atoms. The Balaban J connectivity index is 0.805. The number of likely N-dealkylation sites (tertiary alicyclic amines) is 1. The first-order valence-corrected chi connectivity index (χ1v) is 28.6. The number of amides is 3. The van der Waals surface area contributed by atoms with Crippen LogP contribution >= 0.6 is 11.3 Å². The third-order valence-electron chi connectivity index (χ3n) is 13.5. The molecule has 0 aliphatic carbocycles. The van der Waals surface area contributed by atoms with E-state index in [9.17, 15) is 32.7 Å². The summed E-state index contributed by atoms with van der Waals surface area (Å²) in [7, 11) is -3.43. The zero-order valence-corrected chi connectivity index (χ0v) is 45.2. The zero-order chi connectivity index (χ0) is 53.3. The lowest BCUT2D eigenvalue weighted by Gasteiger charge is -2.35. The molecule has 3 atom stereocenters. The number of pyridine rings is 1. The number of hydrogen-bond acceptors (Lipinski definition) is 13. The number of nitrogens with one attached hydrogen (secondary N) is 4. The van der Waals surface area contributed by atoms with Gasteiger partial charge in [-0.25, -0.2) is 18.4 Å². The summed E-state index contributed by atoms with van der Waals surface area (Å²) in [5.74, 6) is -0.753. The number of nitrogens with two attached hydrogens (primary N) is 1. The quantitative estimate of drug-likeness (QED) is 0.0235. The largest absolute Gasteiger partial charge is 0.478 e. The molecule has 0 radical (unpaired) electrons. The van der Waals surface area contributed by atoms with Crippen LogP contribution in [-0.2, 0) is 31.0 Å². The SMILES string of the molecule is CCS(=O)(=O)Nc1ccc(-c2n[nH]c(Nc3ccnc(OCCCCCCCCCCCCCC(=O)CC[C@H](C(=O)N4C[C@H](O)C[C@H]4C(=O)NCc4ccc(-c5scnc5C)cc4)C(C)(C)C)c3)c2C(N)=O)cc1. The molecule has 3 aromatic heterocycles. The molecule has 0 unspecified atom stereocenters. The molecule has 3 amide bonds. The lowest BCUT2D eigenvalue weighted by molar-refractivity contribution is -0.145. The van der Waals surface area contributed by atoms with Gasteiger partial charge in [-0.2, -0.15) is 5.10 Å². The van der Waals surface area contributed by atoms with Gasteiger partial charge >= 0.3 is 0 Å². The Morgan fingerprint density at radius 2 is 1.53 bits per heavy atom. The summed E-state index contributed by atoms with van der Waals surface area (Å²) in [6.07, 6.45) is 14.1. The van der Waals surface area contributed by atoms with Gasteiger partial charge in [0.05, 0.1) is 34.5 Å². The first-order chi connectivity index (χ1) is 35.4. The monoisotopic (exact) mass is 1050 g/mol. The summed E-state index contributed by atoms with van der Waals surface area (Å²) >= 11 is 1.59. The number of carbonyl (C=O) groups is 4. The van der Waals surface area contributed by atoms with Gasteiger partial charge in [0.1, 0.15) is 28.9 Å². The molecular weight excluding hydrogens is 979 g/mol. The molecule has 5 aromatic rings. The zero-order valence-electron chi connectivity index (χ0n) is 43.6. The van der Waals surface area contributed by atoms with E-state index in [1.165, 1.54) is 24.2 Å². The van der Waals surface area contributed by atoms with Crippen LogP contribution in [0.2, 0.25) is 0 Å². The van der Waals surface area contributed by atoms with Crippen molar-refractivity contribution in [3.05, 3.63) is 89.2 Å². The van der Waals surface area contributed by atoms with Crippen molar-refractivity contribution in [2.24, 2.45) is 17.1 Å². The number of unbranched alkanes of at least 4 members (excludes halogenated alkanes) is 10. The van der Waals surface area contributed by atoms with Crippen LogP contribution in [0.4, 0.5) is 17.2 Å². The molecule has 7 N–H and O–H groups in total. The van der Waals surface area contributed by atoms with Crippen molar-refractivity contribution < 1.29 is 37.4 Å². The van der Waals surface area contributed by atoms with Crippen molar-refractivity contribution >= 4 is 62.1 Å². The first-order valence-electron chi connectivity index (χ1n) is 26.0. The van der Waals surface area contributed by atoms with Crippen LogP contribution in [0, 0.1) is 18.3 Å². The van der Waals surface area contributed by atoms with E-state index < -0.39 is 39.4 Å². The summed E-state index contributed by atoms with van der Waals surface area (Å²) in [5.41, 5.74) is 12.2. The van der Waals surface area contributed by atoms with E-state index in [4.69, 9.17) is 10.5 Å². The lowest BCUT2D eigenvalue weighted by atomic mass is 9.76. The van der Waals surface area contributed by atoms with Gasteiger partial charge in [0, 0.05) is 67.5 Å². The number of anilines is 3. The van der Waals surface area contributed by atoms with E-state index in [-0.39, 0.29) is 41.9 Å². The Kier molecular flexibility index (Phi) is 21.1. The second-order valence-corrected chi connectivity index (χ2v) is 23.2. The fraction of sp³-hybridized carbons (Fsp3) is 0.509. The number of ether oxygens (including phenoxy) is 1. The molecule has 1 fully saturated rings. The van der Waals surface area contributed by atoms with Gasteiger partial charge in [0.25, 0.3) is 5.91 Å². The fourth-order valence-electron chi connectivity index (χ4n) is 9.25. The molecule has 74 heavy (non-hydrogen) atoms. The number of primary amides is 1. The number of H-pyrrole nitrogens is 1. The van der Waals surface area contributed by atoms with Crippen LogP contribution in [0.3, 0.4) is 0 Å². The number of carbonyl (C=O) groups excluding carboxylic acids is 4. The smallest absolute Gasteiger partial charge is 0.254 e. The molecule has 17 nitrogen and oxygen atoms in total. The molecule has 19 heteroatoms. The van der Waals surface area contributed by atoms with Crippen LogP contribution in [0.25, 0.3) is 21.7 Å². The molecule has 2 aromatic carbocycles. The Labute approximate surface area is 440 Å². The molecule has 1 saturated heterocycles. The molecular formula is C55H75N9O8S2. The average molecular weight is 1050 g/mol. The minimum absolute atomic E-state index is 0.0545. The number of thiazole rings is 1. The standard InChI is InChI=1S/C55H75N9O8S2/c1-6-74(70,71)63-41-25-23-39(24-26-41)49-48(51(56)67)52(62-61-49)60-42-29-30-57-47(32-42)72-31-17-15-13-11-9-7-8-10-12-14-16-18-43(65)27-28-45(55(3,4)5)54(69)64-35-44(66)33-46(64)53(68)58-34-38-19-21-40(22-20-38)50-37(2)59-36-73-50/h19-26,29-30,32,36,44-46,63,66H,6-18,27-28,31,33-35H2,1-5H3,(H2,56,67)(H,58,68)(H2,57,60,61,62)/t44-,45-,46+/m1/s1. The highest BCUT2D eigenvalue weighted by atomic mass is 32.2. The van der Waals surface area contributed by atoms with Gasteiger partial charge in [-0.05, 0) is 67.9 Å². The Morgan fingerprint density at radius 3 is 2.15 bits per heavy atom. The van der Waals surface area contributed by atoms with Crippen molar-refractivity contribution in [1.29, 1.82) is 0 Å². The van der Waals surface area contributed by atoms with Crippen LogP contribution < -0.4 is 25.8 Å². The number of aliphatic hydroxyl groups is 1. The molecule has 1 aliphatic rings. The number of sulfonamides is 1. The van der Waals surface area contributed by atoms with E-state index >= 15 is 0 Å². The highest BCUT2D eigenvalue weighted by Crippen LogP contribution is 2.35. The van der Waals surface area contributed by atoms with Crippen molar-refractivity contribution in [2.75, 3.05) is 28.9 Å². The minimum Gasteiger partial charge on any atom is -0.478 e. The van der Waals surface area contributed by atoms with E-state index in [1.54, 1.807) is 60.9 Å². The van der Waals surface area contributed by atoms with E-state index in [0.717, 1.165) is 73.1 Å². The number of benzene rings is 2. The molecule has 0 saturated carbocycles. The minimum atomic E-state index is -3.43. The number of aryl methyl sites for hydroxylation is 1. The maximum atomic E-state index is 14.1. The average Bonchev–Trinajstić information content (AvgIpc) is 4.11. The molecule has 4 heterocycles. The van der Waals surface area contributed by atoms with Gasteiger partial charge in [-0.3, -0.25) is 29.0 Å². The maximum absolute atomic E-state index is 14.1. The van der Waals surface area contributed by atoms with Crippen molar-refractivity contribution in [2.45, 2.75) is 150 Å². The van der Waals surface area contributed by atoms with Crippen LogP contribution in [-0.4, -0.2) is 93.1 Å². The number of ketones is 1. The highest BCUT2D eigenvalue weighted by molar-refractivity contribution is 7.92. The molecule has 6 rings (SSSR count). The van der Waals surface area contributed by atoms with Crippen molar-refractivity contribution in [1.82, 2.24) is 30.4 Å². The lowest BCUT2D eigenvalue weighted by Crippen LogP contribution is -2.49. The number of nitrogens with zero attached hydrogens (tertiary/aromatic N) is 4. The van der Waals surface area contributed by atoms with E-state index in [0.29, 0.717) is 66.7 Å².